The summed E-state index contributed by atoms with van der Waals surface area (Å²) >= 11 is 0. The van der Waals surface area contributed by atoms with E-state index in [1.54, 1.807) is 0 Å². The topological polar surface area (TPSA) is 84.9 Å². The molecule has 6 nitrogen and oxygen atoms in total. The van der Waals surface area contributed by atoms with Crippen LogP contribution in [0.5, 0.6) is 0 Å². The van der Waals surface area contributed by atoms with Crippen molar-refractivity contribution in [3.63, 3.8) is 0 Å². The number of carbonyl (C=O) groups excluding carboxylic acids is 2. The van der Waals surface area contributed by atoms with Crippen molar-refractivity contribution in [3.8, 4) is 0 Å². The number of benzene rings is 1. The van der Waals surface area contributed by atoms with E-state index in [1.807, 2.05) is 30.3 Å². The quantitative estimate of drug-likeness (QED) is 0.525. The van der Waals surface area contributed by atoms with Gasteiger partial charge in [-0.25, -0.2) is 4.79 Å². The van der Waals surface area contributed by atoms with Crippen LogP contribution in [0.4, 0.5) is 0 Å². The lowest BCUT2D eigenvalue weighted by atomic mass is 10.1. The molecule has 0 bridgehead atoms. The summed E-state index contributed by atoms with van der Waals surface area (Å²) in [6.07, 6.45) is -0.104. The molecule has 0 aromatic heterocycles. The Hall–Kier alpha value is -1.92. The molecule has 6 heteroatoms. The van der Waals surface area contributed by atoms with Crippen molar-refractivity contribution in [2.45, 2.75) is 38.5 Å². The number of aliphatic hydroxyl groups is 1. The number of nitrogens with one attached hydrogen (secondary N) is 1. The number of methoxy groups -OCH3 is 1. The minimum Gasteiger partial charge on any atom is -0.467 e. The van der Waals surface area contributed by atoms with E-state index < -0.39 is 24.0 Å². The van der Waals surface area contributed by atoms with E-state index in [0.717, 1.165) is 5.56 Å². The molecule has 1 aromatic carbocycles. The molecule has 1 rings (SSSR count). The number of amides is 1. The molecule has 0 unspecified atom stereocenters. The number of hydrogen-bond acceptors (Lipinski definition) is 5. The smallest absolute Gasteiger partial charge is 0.331 e. The molecule has 0 saturated carbocycles. The maximum atomic E-state index is 11.5. The summed E-state index contributed by atoms with van der Waals surface area (Å²) < 4.78 is 10.1. The van der Waals surface area contributed by atoms with Crippen molar-refractivity contribution in [3.05, 3.63) is 35.9 Å². The molecular weight excluding hydrogens is 286 g/mol. The molecule has 0 spiro atoms. The highest BCUT2D eigenvalue weighted by Crippen LogP contribution is 2.07. The fraction of sp³-hybridized carbons (Fsp3) is 0.500. The third kappa shape index (κ3) is 6.69. The van der Waals surface area contributed by atoms with Gasteiger partial charge in [-0.2, -0.15) is 0 Å². The summed E-state index contributed by atoms with van der Waals surface area (Å²) in [5.74, 6) is -1.05. The van der Waals surface area contributed by atoms with E-state index >= 15 is 0 Å². The number of hydrogen-bond donors (Lipinski definition) is 2. The number of ether oxygens (including phenoxy) is 2. The molecule has 0 aliphatic rings. The Morgan fingerprint density at radius 2 is 1.95 bits per heavy atom. The fourth-order valence-corrected chi connectivity index (χ4v) is 1.98. The predicted molar refractivity (Wildman–Crippen MR) is 81.0 cm³/mol. The molecule has 22 heavy (non-hydrogen) atoms. The first-order valence-electron chi connectivity index (χ1n) is 7.19. The summed E-state index contributed by atoms with van der Waals surface area (Å²) in [7, 11) is 1.22. The molecule has 1 amide bonds. The van der Waals surface area contributed by atoms with Crippen molar-refractivity contribution in [1.29, 1.82) is 0 Å². The second-order valence-electron chi connectivity index (χ2n) is 4.95. The van der Waals surface area contributed by atoms with Gasteiger partial charge in [0.2, 0.25) is 5.91 Å². The summed E-state index contributed by atoms with van der Waals surface area (Å²) in [5, 5.41) is 12.4. The maximum Gasteiger partial charge on any atom is 0.331 e. The SMILES string of the molecule is COC(=O)[C@@H](NC(C)=O)[C@@H](O)CCCOCc1ccccc1. The molecule has 122 valence electrons. The molecule has 2 N–H and O–H groups in total. The van der Waals surface area contributed by atoms with Gasteiger partial charge in [0.25, 0.3) is 0 Å². The van der Waals surface area contributed by atoms with Crippen LogP contribution in [0, 0.1) is 0 Å². The van der Waals surface area contributed by atoms with Crippen LogP contribution in [-0.4, -0.2) is 42.8 Å². The lowest BCUT2D eigenvalue weighted by Crippen LogP contribution is -2.48. The summed E-state index contributed by atoms with van der Waals surface area (Å²) in [6, 6.07) is 8.72. The van der Waals surface area contributed by atoms with Crippen LogP contribution in [0.1, 0.15) is 25.3 Å². The molecule has 0 heterocycles. The predicted octanol–water partition coefficient (Wildman–Crippen LogP) is 1.02. The third-order valence-electron chi connectivity index (χ3n) is 3.10. The summed E-state index contributed by atoms with van der Waals surface area (Å²) in [6.45, 7) is 2.24. The number of rotatable bonds is 9. The molecule has 0 radical (unpaired) electrons. The molecular formula is C16H23NO5. The lowest BCUT2D eigenvalue weighted by Gasteiger charge is -2.21. The van der Waals surface area contributed by atoms with Crippen LogP contribution in [0.25, 0.3) is 0 Å². The van der Waals surface area contributed by atoms with Crippen molar-refractivity contribution in [2.75, 3.05) is 13.7 Å². The first kappa shape index (κ1) is 18.1. The minimum atomic E-state index is -1.04. The van der Waals surface area contributed by atoms with Gasteiger partial charge >= 0.3 is 5.97 Å². The van der Waals surface area contributed by atoms with Crippen LogP contribution in [0.3, 0.4) is 0 Å². The Labute approximate surface area is 130 Å². The van der Waals surface area contributed by atoms with Crippen LogP contribution in [-0.2, 0) is 25.7 Å². The average Bonchev–Trinajstić information content (AvgIpc) is 2.52. The largest absolute Gasteiger partial charge is 0.467 e. The van der Waals surface area contributed by atoms with Gasteiger partial charge in [-0.1, -0.05) is 30.3 Å². The first-order chi connectivity index (χ1) is 10.5. The Balaban J connectivity index is 2.29. The van der Waals surface area contributed by atoms with Gasteiger partial charge < -0.3 is 19.9 Å². The van der Waals surface area contributed by atoms with Crippen molar-refractivity contribution in [1.82, 2.24) is 5.32 Å². The maximum absolute atomic E-state index is 11.5. The zero-order valence-corrected chi connectivity index (χ0v) is 13.0. The second-order valence-corrected chi connectivity index (χ2v) is 4.95. The van der Waals surface area contributed by atoms with E-state index in [-0.39, 0.29) is 0 Å². The fourth-order valence-electron chi connectivity index (χ4n) is 1.98. The highest BCUT2D eigenvalue weighted by atomic mass is 16.5. The summed E-state index contributed by atoms with van der Waals surface area (Å²) in [5.41, 5.74) is 1.08. The van der Waals surface area contributed by atoms with E-state index in [0.29, 0.717) is 26.1 Å². The third-order valence-corrected chi connectivity index (χ3v) is 3.10. The van der Waals surface area contributed by atoms with Crippen LogP contribution in [0.2, 0.25) is 0 Å². The van der Waals surface area contributed by atoms with Gasteiger partial charge in [-0.3, -0.25) is 4.79 Å². The van der Waals surface area contributed by atoms with Gasteiger partial charge in [-0.15, -0.1) is 0 Å². The Morgan fingerprint density at radius 1 is 1.27 bits per heavy atom. The molecule has 0 saturated heterocycles. The van der Waals surface area contributed by atoms with Gasteiger partial charge in [0, 0.05) is 13.5 Å². The van der Waals surface area contributed by atoms with Crippen molar-refractivity contribution < 1.29 is 24.2 Å². The zero-order chi connectivity index (χ0) is 16.4. The van der Waals surface area contributed by atoms with Crippen LogP contribution in [0.15, 0.2) is 30.3 Å². The molecule has 0 aliphatic carbocycles. The lowest BCUT2D eigenvalue weighted by molar-refractivity contribution is -0.148. The number of aliphatic hydroxyl groups excluding tert-OH is 1. The van der Waals surface area contributed by atoms with Crippen LogP contribution >= 0.6 is 0 Å². The Bertz CT molecular complexity index is 463. The van der Waals surface area contributed by atoms with Crippen molar-refractivity contribution >= 4 is 11.9 Å². The minimum absolute atomic E-state index is 0.328. The van der Waals surface area contributed by atoms with Gasteiger partial charge in [0.15, 0.2) is 6.04 Å². The first-order valence-corrected chi connectivity index (χ1v) is 7.19. The number of carbonyl (C=O) groups is 2. The Kier molecular flexibility index (Phi) is 8.17. The summed E-state index contributed by atoms with van der Waals surface area (Å²) in [4.78, 5) is 22.6. The molecule has 2 atom stereocenters. The van der Waals surface area contributed by atoms with E-state index in [9.17, 15) is 14.7 Å². The highest BCUT2D eigenvalue weighted by molar-refractivity contribution is 5.83. The normalized spacial score (nSPS) is 13.2. The van der Waals surface area contributed by atoms with Crippen molar-refractivity contribution in [2.24, 2.45) is 0 Å². The van der Waals surface area contributed by atoms with Gasteiger partial charge in [0.05, 0.1) is 19.8 Å². The molecule has 1 aromatic rings. The van der Waals surface area contributed by atoms with Gasteiger partial charge in [-0.05, 0) is 18.4 Å². The average molecular weight is 309 g/mol. The van der Waals surface area contributed by atoms with E-state index in [1.165, 1.54) is 14.0 Å². The standard InChI is InChI=1S/C16H23NO5/c1-12(18)17-15(16(20)21-2)14(19)9-6-10-22-11-13-7-4-3-5-8-13/h3-5,7-8,14-15,19H,6,9-11H2,1-2H3,(H,17,18)/t14-,15-/m0/s1. The zero-order valence-electron chi connectivity index (χ0n) is 13.0. The number of esters is 1. The monoisotopic (exact) mass is 309 g/mol. The van der Waals surface area contributed by atoms with Crippen LogP contribution < -0.4 is 5.32 Å². The molecule has 0 fully saturated rings. The highest BCUT2D eigenvalue weighted by Gasteiger charge is 2.28. The van der Waals surface area contributed by atoms with E-state index in [4.69, 9.17) is 4.74 Å². The second kappa shape index (κ2) is 9.92. The van der Waals surface area contributed by atoms with Gasteiger partial charge in [0.1, 0.15) is 0 Å². The van der Waals surface area contributed by atoms with E-state index in [2.05, 4.69) is 10.1 Å². The molecule has 0 aliphatic heterocycles. The Morgan fingerprint density at radius 3 is 2.55 bits per heavy atom.